The van der Waals surface area contributed by atoms with Gasteiger partial charge in [0, 0.05) is 50.2 Å². The summed E-state index contributed by atoms with van der Waals surface area (Å²) in [5, 5.41) is 0. The lowest BCUT2D eigenvalue weighted by molar-refractivity contribution is -0.143. The predicted octanol–water partition coefficient (Wildman–Crippen LogP) is 4.43. The van der Waals surface area contributed by atoms with Crippen molar-refractivity contribution in [1.82, 2.24) is 4.57 Å². The number of hydrogen-bond acceptors (Lipinski definition) is 6. The summed E-state index contributed by atoms with van der Waals surface area (Å²) in [6, 6.07) is 14.7. The molecule has 1 aromatic heterocycles. The second-order valence-corrected chi connectivity index (χ2v) is 7.85. The van der Waals surface area contributed by atoms with Crippen LogP contribution in [0.5, 0.6) is 11.5 Å². The van der Waals surface area contributed by atoms with Crippen LogP contribution >= 0.6 is 0 Å². The van der Waals surface area contributed by atoms with Crippen LogP contribution in [0.2, 0.25) is 0 Å². The quantitative estimate of drug-likeness (QED) is 0.298. The molecule has 0 bridgehead atoms. The van der Waals surface area contributed by atoms with Crippen LogP contribution in [-0.4, -0.2) is 23.1 Å². The molecule has 3 rings (SSSR count). The Kier molecular flexibility index (Phi) is 9.17. The van der Waals surface area contributed by atoms with Crippen LogP contribution in [0.15, 0.2) is 65.6 Å². The molecule has 0 saturated carbocycles. The number of carbonyl (C=O) groups excluding carboxylic acids is 2. The van der Waals surface area contributed by atoms with Gasteiger partial charge in [0.25, 0.3) is 0 Å². The lowest BCUT2D eigenvalue weighted by Gasteiger charge is -2.19. The smallest absolute Gasteiger partial charge is 0.308 e. The van der Waals surface area contributed by atoms with E-state index >= 15 is 0 Å². The minimum absolute atomic E-state index is 0.0703. The van der Waals surface area contributed by atoms with Crippen molar-refractivity contribution in [3.8, 4) is 11.5 Å². The van der Waals surface area contributed by atoms with Crippen LogP contribution in [0.25, 0.3) is 0 Å². The molecule has 0 spiro atoms. The number of esters is 2. The van der Waals surface area contributed by atoms with E-state index in [2.05, 4.69) is 0 Å². The number of rotatable bonds is 11. The molecule has 0 saturated heterocycles. The molecule has 0 aliphatic heterocycles. The fourth-order valence-corrected chi connectivity index (χ4v) is 3.60. The molecule has 0 atom stereocenters. The summed E-state index contributed by atoms with van der Waals surface area (Å²) < 4.78 is 31.9. The second-order valence-electron chi connectivity index (χ2n) is 7.85. The maximum atomic E-state index is 13.9. The minimum Gasteiger partial charge on any atom is -0.483 e. The standard InChI is InChI=1S/C27H28FNO6/c1-3-33-26(32)10-7-14-29-15-13-24(31)27(34-18-20-8-5-4-6-9-20)23(29)16-21-11-12-22(28)17-25(21)35-19(2)30/h4-6,8-9,11-13,15,17H,3,7,10,14,16,18H2,1-2H3. The number of hydrogen-bond donors (Lipinski definition) is 0. The van der Waals surface area contributed by atoms with Crippen LogP contribution in [0.3, 0.4) is 0 Å². The van der Waals surface area contributed by atoms with E-state index in [4.69, 9.17) is 14.2 Å². The van der Waals surface area contributed by atoms with Gasteiger partial charge in [0.15, 0.2) is 5.75 Å². The summed E-state index contributed by atoms with van der Waals surface area (Å²) in [6.07, 6.45) is 2.47. The fraction of sp³-hybridized carbons (Fsp3) is 0.296. The third-order valence-corrected chi connectivity index (χ3v) is 5.19. The van der Waals surface area contributed by atoms with Gasteiger partial charge in [-0.1, -0.05) is 36.4 Å². The van der Waals surface area contributed by atoms with Gasteiger partial charge in [-0.15, -0.1) is 0 Å². The van der Waals surface area contributed by atoms with E-state index in [1.807, 2.05) is 34.9 Å². The van der Waals surface area contributed by atoms with Crippen molar-refractivity contribution in [3.63, 3.8) is 0 Å². The Hall–Kier alpha value is -3.94. The van der Waals surface area contributed by atoms with E-state index in [9.17, 15) is 18.8 Å². The lowest BCUT2D eigenvalue weighted by atomic mass is 10.1. The first-order valence-corrected chi connectivity index (χ1v) is 11.4. The van der Waals surface area contributed by atoms with Crippen LogP contribution in [0.4, 0.5) is 4.39 Å². The molecule has 35 heavy (non-hydrogen) atoms. The van der Waals surface area contributed by atoms with Crippen molar-refractivity contribution >= 4 is 11.9 Å². The van der Waals surface area contributed by atoms with Gasteiger partial charge in [0.1, 0.15) is 18.2 Å². The van der Waals surface area contributed by atoms with Gasteiger partial charge >= 0.3 is 11.9 Å². The van der Waals surface area contributed by atoms with Crippen molar-refractivity contribution in [3.05, 3.63) is 93.7 Å². The molecule has 2 aromatic carbocycles. The number of benzene rings is 2. The highest BCUT2D eigenvalue weighted by molar-refractivity contribution is 5.70. The zero-order valence-corrected chi connectivity index (χ0v) is 19.8. The molecule has 8 heteroatoms. The molecule has 7 nitrogen and oxygen atoms in total. The average molecular weight is 482 g/mol. The Labute approximate surface area is 203 Å². The third kappa shape index (κ3) is 7.53. The third-order valence-electron chi connectivity index (χ3n) is 5.19. The molecule has 3 aromatic rings. The molecule has 0 fully saturated rings. The number of aryl methyl sites for hydroxylation is 1. The maximum Gasteiger partial charge on any atom is 0.308 e. The second kappa shape index (κ2) is 12.5. The maximum absolute atomic E-state index is 13.9. The molecule has 0 N–H and O–H groups in total. The van der Waals surface area contributed by atoms with Crippen molar-refractivity contribution in [1.29, 1.82) is 0 Å². The summed E-state index contributed by atoms with van der Waals surface area (Å²) in [7, 11) is 0. The molecule has 0 radical (unpaired) electrons. The molecule has 184 valence electrons. The van der Waals surface area contributed by atoms with Crippen molar-refractivity contribution in [2.24, 2.45) is 0 Å². The van der Waals surface area contributed by atoms with E-state index < -0.39 is 11.8 Å². The Morgan fingerprint density at radius 2 is 1.83 bits per heavy atom. The Bertz CT molecular complexity index is 1220. The molecule has 0 aliphatic rings. The molecule has 0 amide bonds. The van der Waals surface area contributed by atoms with Crippen molar-refractivity contribution < 1.29 is 28.2 Å². The van der Waals surface area contributed by atoms with Gasteiger partial charge in [-0.25, -0.2) is 4.39 Å². The Balaban J connectivity index is 1.96. The van der Waals surface area contributed by atoms with Crippen LogP contribution < -0.4 is 14.9 Å². The van der Waals surface area contributed by atoms with E-state index in [0.29, 0.717) is 30.8 Å². The largest absolute Gasteiger partial charge is 0.483 e. The van der Waals surface area contributed by atoms with Gasteiger partial charge in [-0.2, -0.15) is 0 Å². The van der Waals surface area contributed by atoms with Gasteiger partial charge in [-0.05, 0) is 25.0 Å². The van der Waals surface area contributed by atoms with Crippen molar-refractivity contribution in [2.45, 2.75) is 46.3 Å². The van der Waals surface area contributed by atoms with Crippen LogP contribution in [0, 0.1) is 5.82 Å². The summed E-state index contributed by atoms with van der Waals surface area (Å²) in [4.78, 5) is 36.2. The van der Waals surface area contributed by atoms with Gasteiger partial charge in [0.05, 0.1) is 12.3 Å². The number of aromatic nitrogens is 1. The number of halogens is 1. The molecule has 0 aliphatic carbocycles. The molecule has 1 heterocycles. The number of carbonyl (C=O) groups is 2. The zero-order chi connectivity index (χ0) is 25.2. The number of ether oxygens (including phenoxy) is 3. The highest BCUT2D eigenvalue weighted by Crippen LogP contribution is 2.27. The van der Waals surface area contributed by atoms with E-state index in [1.54, 1.807) is 13.1 Å². The SMILES string of the molecule is CCOC(=O)CCCn1ccc(=O)c(OCc2ccccc2)c1Cc1ccc(F)cc1OC(C)=O. The topological polar surface area (TPSA) is 83.8 Å². The first-order chi connectivity index (χ1) is 16.9. The highest BCUT2D eigenvalue weighted by Gasteiger charge is 2.18. The van der Waals surface area contributed by atoms with Crippen LogP contribution in [0.1, 0.15) is 43.5 Å². The molecular weight excluding hydrogens is 453 g/mol. The Morgan fingerprint density at radius 1 is 1.06 bits per heavy atom. The fourth-order valence-electron chi connectivity index (χ4n) is 3.60. The zero-order valence-electron chi connectivity index (χ0n) is 19.8. The van der Waals surface area contributed by atoms with Gasteiger partial charge < -0.3 is 18.8 Å². The monoisotopic (exact) mass is 481 g/mol. The number of nitrogens with zero attached hydrogens (tertiary/aromatic N) is 1. The van der Waals surface area contributed by atoms with Crippen LogP contribution in [-0.2, 0) is 33.9 Å². The summed E-state index contributed by atoms with van der Waals surface area (Å²) in [6.45, 7) is 3.88. The first-order valence-electron chi connectivity index (χ1n) is 11.4. The summed E-state index contributed by atoms with van der Waals surface area (Å²) >= 11 is 0. The molecule has 0 unspecified atom stereocenters. The van der Waals surface area contributed by atoms with Crippen molar-refractivity contribution in [2.75, 3.05) is 6.61 Å². The van der Waals surface area contributed by atoms with E-state index in [0.717, 1.165) is 11.6 Å². The van der Waals surface area contributed by atoms with E-state index in [1.165, 1.54) is 25.1 Å². The molecular formula is C27H28FNO6. The average Bonchev–Trinajstić information content (AvgIpc) is 2.82. The minimum atomic E-state index is -0.586. The Morgan fingerprint density at radius 3 is 2.54 bits per heavy atom. The lowest BCUT2D eigenvalue weighted by Crippen LogP contribution is -2.18. The number of pyridine rings is 1. The highest BCUT2D eigenvalue weighted by atomic mass is 19.1. The van der Waals surface area contributed by atoms with Gasteiger partial charge in [-0.3, -0.25) is 14.4 Å². The van der Waals surface area contributed by atoms with E-state index in [-0.39, 0.29) is 42.3 Å². The summed E-state index contributed by atoms with van der Waals surface area (Å²) in [5.41, 5.74) is 1.61. The summed E-state index contributed by atoms with van der Waals surface area (Å²) in [5.74, 6) is -1.22. The van der Waals surface area contributed by atoms with Gasteiger partial charge in [0.2, 0.25) is 5.43 Å². The first kappa shape index (κ1) is 25.7. The predicted molar refractivity (Wildman–Crippen MR) is 128 cm³/mol. The normalized spacial score (nSPS) is 10.6.